The van der Waals surface area contributed by atoms with E-state index in [4.69, 9.17) is 0 Å². The number of fused-ring (bicyclic) bond motifs is 1. The average Bonchev–Trinajstić information content (AvgIpc) is 2.84. The SMILES string of the molecule is Cc1nc2ccccc2nc1NCC1(C)CCCS1. The van der Waals surface area contributed by atoms with E-state index in [1.54, 1.807) is 0 Å². The number of anilines is 1. The standard InChI is InChI=1S/C15H19N3S/c1-11-14(16-10-15(2)8-5-9-19-15)18-13-7-4-3-6-12(13)17-11/h3-4,6-7H,5,8-10H2,1-2H3,(H,16,18). The highest BCUT2D eigenvalue weighted by atomic mass is 32.2. The van der Waals surface area contributed by atoms with Gasteiger partial charge in [-0.05, 0) is 44.6 Å². The number of hydrogen-bond donors (Lipinski definition) is 1. The van der Waals surface area contributed by atoms with E-state index in [0.29, 0.717) is 4.75 Å². The normalized spacial score (nSPS) is 22.8. The van der Waals surface area contributed by atoms with E-state index in [9.17, 15) is 0 Å². The number of para-hydroxylation sites is 2. The Morgan fingerprint density at radius 2 is 2.00 bits per heavy atom. The molecule has 3 nitrogen and oxygen atoms in total. The lowest BCUT2D eigenvalue weighted by atomic mass is 10.1. The lowest BCUT2D eigenvalue weighted by Gasteiger charge is -2.23. The number of nitrogens with zero attached hydrogens (tertiary/aromatic N) is 2. The lowest BCUT2D eigenvalue weighted by Crippen LogP contribution is -2.27. The Kier molecular flexibility index (Phi) is 3.35. The monoisotopic (exact) mass is 273 g/mol. The van der Waals surface area contributed by atoms with Crippen LogP contribution in [-0.2, 0) is 0 Å². The first-order valence-corrected chi connectivity index (χ1v) is 7.76. The van der Waals surface area contributed by atoms with E-state index < -0.39 is 0 Å². The van der Waals surface area contributed by atoms with Crippen LogP contribution in [0.4, 0.5) is 5.82 Å². The number of thioether (sulfide) groups is 1. The molecule has 1 saturated heterocycles. The Balaban J connectivity index is 1.82. The van der Waals surface area contributed by atoms with E-state index in [1.807, 2.05) is 31.2 Å². The van der Waals surface area contributed by atoms with Crippen LogP contribution < -0.4 is 5.32 Å². The summed E-state index contributed by atoms with van der Waals surface area (Å²) < 4.78 is 0.347. The summed E-state index contributed by atoms with van der Waals surface area (Å²) in [6.45, 7) is 5.32. The minimum absolute atomic E-state index is 0.347. The second kappa shape index (κ2) is 5.00. The fourth-order valence-electron chi connectivity index (χ4n) is 2.50. The summed E-state index contributed by atoms with van der Waals surface area (Å²) in [5.74, 6) is 2.20. The van der Waals surface area contributed by atoms with Crippen LogP contribution in [0.15, 0.2) is 24.3 Å². The minimum Gasteiger partial charge on any atom is -0.367 e. The highest BCUT2D eigenvalue weighted by Gasteiger charge is 2.29. The van der Waals surface area contributed by atoms with Crippen LogP contribution >= 0.6 is 11.8 Å². The van der Waals surface area contributed by atoms with Gasteiger partial charge in [0.25, 0.3) is 0 Å². The molecule has 3 rings (SSSR count). The highest BCUT2D eigenvalue weighted by Crippen LogP contribution is 2.37. The molecule has 1 unspecified atom stereocenters. The van der Waals surface area contributed by atoms with Crippen LogP contribution in [0.2, 0.25) is 0 Å². The van der Waals surface area contributed by atoms with Crippen LogP contribution in [0.25, 0.3) is 11.0 Å². The Morgan fingerprint density at radius 3 is 2.68 bits per heavy atom. The van der Waals surface area contributed by atoms with Gasteiger partial charge >= 0.3 is 0 Å². The van der Waals surface area contributed by atoms with Gasteiger partial charge in [-0.2, -0.15) is 11.8 Å². The predicted octanol–water partition coefficient (Wildman–Crippen LogP) is 3.64. The third-order valence-electron chi connectivity index (χ3n) is 3.68. The molecule has 1 atom stereocenters. The van der Waals surface area contributed by atoms with Gasteiger partial charge in [0, 0.05) is 11.3 Å². The van der Waals surface area contributed by atoms with Gasteiger partial charge in [0.15, 0.2) is 0 Å². The van der Waals surface area contributed by atoms with Crippen molar-refractivity contribution in [2.75, 3.05) is 17.6 Å². The summed E-state index contributed by atoms with van der Waals surface area (Å²) in [6.07, 6.45) is 2.61. The first-order valence-electron chi connectivity index (χ1n) is 6.78. The van der Waals surface area contributed by atoms with Gasteiger partial charge in [-0.3, -0.25) is 0 Å². The molecule has 0 spiro atoms. The van der Waals surface area contributed by atoms with Crippen molar-refractivity contribution in [3.63, 3.8) is 0 Å². The summed E-state index contributed by atoms with van der Waals surface area (Å²) in [5, 5.41) is 3.49. The van der Waals surface area contributed by atoms with Crippen LogP contribution in [0, 0.1) is 6.92 Å². The molecule has 4 heteroatoms. The summed E-state index contributed by atoms with van der Waals surface area (Å²) in [7, 11) is 0. The molecule has 2 aromatic rings. The highest BCUT2D eigenvalue weighted by molar-refractivity contribution is 8.00. The molecule has 100 valence electrons. The number of aromatic nitrogens is 2. The maximum Gasteiger partial charge on any atom is 0.148 e. The second-order valence-corrected chi connectivity index (χ2v) is 7.08. The number of nitrogens with one attached hydrogen (secondary N) is 1. The van der Waals surface area contributed by atoms with Gasteiger partial charge in [0.05, 0.1) is 16.7 Å². The van der Waals surface area contributed by atoms with Crippen molar-refractivity contribution in [3.8, 4) is 0 Å². The predicted molar refractivity (Wildman–Crippen MR) is 82.9 cm³/mol. The average molecular weight is 273 g/mol. The van der Waals surface area contributed by atoms with Crippen LogP contribution in [0.3, 0.4) is 0 Å². The molecule has 0 aliphatic carbocycles. The van der Waals surface area contributed by atoms with Crippen molar-refractivity contribution in [2.24, 2.45) is 0 Å². The minimum atomic E-state index is 0.347. The van der Waals surface area contributed by atoms with Crippen LogP contribution in [0.5, 0.6) is 0 Å². The van der Waals surface area contributed by atoms with E-state index >= 15 is 0 Å². The molecule has 1 aliphatic heterocycles. The van der Waals surface area contributed by atoms with Crippen LogP contribution in [-0.4, -0.2) is 27.0 Å². The maximum atomic E-state index is 4.68. The third kappa shape index (κ3) is 2.68. The Morgan fingerprint density at radius 1 is 1.26 bits per heavy atom. The van der Waals surface area contributed by atoms with Crippen molar-refractivity contribution in [3.05, 3.63) is 30.0 Å². The first kappa shape index (κ1) is 12.7. The van der Waals surface area contributed by atoms with E-state index in [-0.39, 0.29) is 0 Å². The van der Waals surface area contributed by atoms with Crippen molar-refractivity contribution in [1.29, 1.82) is 0 Å². The number of aryl methyl sites for hydroxylation is 1. The molecule has 0 bridgehead atoms. The molecule has 1 aromatic heterocycles. The fourth-order valence-corrected chi connectivity index (χ4v) is 3.75. The zero-order valence-corrected chi connectivity index (χ0v) is 12.3. The van der Waals surface area contributed by atoms with E-state index in [2.05, 4.69) is 34.0 Å². The van der Waals surface area contributed by atoms with Gasteiger partial charge in [-0.1, -0.05) is 12.1 Å². The largest absolute Gasteiger partial charge is 0.367 e. The molecular formula is C15H19N3S. The van der Waals surface area contributed by atoms with Gasteiger partial charge in [0.1, 0.15) is 5.82 Å². The van der Waals surface area contributed by atoms with Crippen molar-refractivity contribution in [1.82, 2.24) is 9.97 Å². The van der Waals surface area contributed by atoms with Crippen molar-refractivity contribution < 1.29 is 0 Å². The quantitative estimate of drug-likeness (QED) is 0.926. The third-order valence-corrected chi connectivity index (χ3v) is 5.21. The van der Waals surface area contributed by atoms with Gasteiger partial charge in [-0.25, -0.2) is 9.97 Å². The van der Waals surface area contributed by atoms with Gasteiger partial charge in [-0.15, -0.1) is 0 Å². The summed E-state index contributed by atoms with van der Waals surface area (Å²) >= 11 is 2.06. The molecule has 1 fully saturated rings. The molecule has 1 aromatic carbocycles. The second-order valence-electron chi connectivity index (χ2n) is 5.40. The summed E-state index contributed by atoms with van der Waals surface area (Å²) in [6, 6.07) is 8.02. The molecule has 19 heavy (non-hydrogen) atoms. The first-order chi connectivity index (χ1) is 9.16. The zero-order chi connectivity index (χ0) is 13.3. The number of hydrogen-bond acceptors (Lipinski definition) is 4. The summed E-state index contributed by atoms with van der Waals surface area (Å²) in [5.41, 5.74) is 2.90. The molecule has 0 saturated carbocycles. The van der Waals surface area contributed by atoms with E-state index in [1.165, 1.54) is 18.6 Å². The van der Waals surface area contributed by atoms with Crippen molar-refractivity contribution in [2.45, 2.75) is 31.4 Å². The number of rotatable bonds is 3. The Labute approximate surface area is 118 Å². The van der Waals surface area contributed by atoms with E-state index in [0.717, 1.165) is 29.1 Å². The Hall–Kier alpha value is -1.29. The topological polar surface area (TPSA) is 37.8 Å². The van der Waals surface area contributed by atoms with Gasteiger partial charge < -0.3 is 5.32 Å². The number of benzene rings is 1. The van der Waals surface area contributed by atoms with Crippen molar-refractivity contribution >= 4 is 28.6 Å². The van der Waals surface area contributed by atoms with Gasteiger partial charge in [0.2, 0.25) is 0 Å². The maximum absolute atomic E-state index is 4.68. The Bertz CT molecular complexity index is 591. The lowest BCUT2D eigenvalue weighted by molar-refractivity contribution is 0.633. The smallest absolute Gasteiger partial charge is 0.148 e. The molecule has 1 aliphatic rings. The fraction of sp³-hybridized carbons (Fsp3) is 0.467. The zero-order valence-electron chi connectivity index (χ0n) is 11.4. The molecule has 2 heterocycles. The molecule has 1 N–H and O–H groups in total. The molecule has 0 amide bonds. The molecule has 0 radical (unpaired) electrons. The summed E-state index contributed by atoms with van der Waals surface area (Å²) in [4.78, 5) is 9.30. The van der Waals surface area contributed by atoms with Crippen LogP contribution in [0.1, 0.15) is 25.5 Å². The molecular weight excluding hydrogens is 254 g/mol.